The fourth-order valence-corrected chi connectivity index (χ4v) is 2.42. The number of aliphatic hydroxyl groups is 1. The Balaban J connectivity index is 1.60. The van der Waals surface area contributed by atoms with Gasteiger partial charge in [-0.15, -0.1) is 0 Å². The number of oxime groups is 1. The number of nitrogens with zero attached hydrogens (tertiary/aromatic N) is 1. The van der Waals surface area contributed by atoms with Gasteiger partial charge in [-0.05, 0) is 23.3 Å². The molecule has 1 heterocycles. The van der Waals surface area contributed by atoms with Crippen LogP contribution in [0.15, 0.2) is 59.8 Å². The summed E-state index contributed by atoms with van der Waals surface area (Å²) in [6.45, 7) is 0.267. The van der Waals surface area contributed by atoms with Crippen LogP contribution in [0.25, 0.3) is 0 Å². The van der Waals surface area contributed by atoms with E-state index in [2.05, 4.69) is 15.3 Å². The van der Waals surface area contributed by atoms with E-state index in [9.17, 15) is 23.1 Å². The minimum atomic E-state index is -4.93. The summed E-state index contributed by atoms with van der Waals surface area (Å²) < 4.78 is 38.2. The van der Waals surface area contributed by atoms with E-state index < -0.39 is 18.4 Å². The fraction of sp³-hybridized carbons (Fsp3) is 0.222. The van der Waals surface area contributed by atoms with Crippen molar-refractivity contribution in [1.29, 1.82) is 0 Å². The van der Waals surface area contributed by atoms with Crippen LogP contribution in [0.3, 0.4) is 0 Å². The van der Waals surface area contributed by atoms with Crippen LogP contribution in [0.4, 0.5) is 13.2 Å². The lowest BCUT2D eigenvalue weighted by Crippen LogP contribution is -2.45. The summed E-state index contributed by atoms with van der Waals surface area (Å²) in [4.78, 5) is 16.2. The van der Waals surface area contributed by atoms with Crippen LogP contribution in [-0.2, 0) is 11.4 Å². The van der Waals surface area contributed by atoms with E-state index in [0.717, 1.165) is 5.56 Å². The Kier molecular flexibility index (Phi) is 4.69. The van der Waals surface area contributed by atoms with Crippen molar-refractivity contribution in [2.75, 3.05) is 0 Å². The lowest BCUT2D eigenvalue weighted by Gasteiger charge is -2.22. The molecule has 5 nitrogen and oxygen atoms in total. The third-order valence-electron chi connectivity index (χ3n) is 3.93. The summed E-state index contributed by atoms with van der Waals surface area (Å²) in [6, 6.07) is 15.2. The van der Waals surface area contributed by atoms with E-state index in [1.165, 1.54) is 0 Å². The zero-order valence-corrected chi connectivity index (χ0v) is 13.5. The quantitative estimate of drug-likeness (QED) is 0.876. The molecule has 1 aliphatic rings. The monoisotopic (exact) mass is 364 g/mol. The maximum absolute atomic E-state index is 12.7. The van der Waals surface area contributed by atoms with Crippen LogP contribution in [0.5, 0.6) is 0 Å². The van der Waals surface area contributed by atoms with Crippen LogP contribution in [0, 0.1) is 0 Å². The first kappa shape index (κ1) is 17.9. The fourth-order valence-electron chi connectivity index (χ4n) is 2.42. The second-order valence-electron chi connectivity index (χ2n) is 5.83. The summed E-state index contributed by atoms with van der Waals surface area (Å²) in [7, 11) is 0. The predicted molar refractivity (Wildman–Crippen MR) is 87.3 cm³/mol. The van der Waals surface area contributed by atoms with Crippen molar-refractivity contribution >= 4 is 11.6 Å². The molecule has 1 amide bonds. The van der Waals surface area contributed by atoms with Crippen molar-refractivity contribution in [1.82, 2.24) is 5.32 Å². The molecule has 0 spiro atoms. The number of benzene rings is 2. The van der Waals surface area contributed by atoms with Crippen molar-refractivity contribution in [2.45, 2.75) is 24.9 Å². The maximum Gasteiger partial charge on any atom is 0.458 e. The Morgan fingerprint density at radius 2 is 1.81 bits per heavy atom. The number of rotatable bonds is 4. The number of hydrogen-bond donors (Lipinski definition) is 2. The Morgan fingerprint density at radius 1 is 1.15 bits per heavy atom. The van der Waals surface area contributed by atoms with Gasteiger partial charge in [-0.2, -0.15) is 13.2 Å². The lowest BCUT2D eigenvalue weighted by molar-refractivity contribution is -0.355. The molecule has 0 aromatic heterocycles. The summed E-state index contributed by atoms with van der Waals surface area (Å²) in [5.74, 6) is -3.51. The molecule has 3 rings (SSSR count). The summed E-state index contributed by atoms with van der Waals surface area (Å²) in [5, 5.41) is 15.6. The van der Waals surface area contributed by atoms with Gasteiger partial charge in [-0.3, -0.25) is 4.79 Å². The molecule has 26 heavy (non-hydrogen) atoms. The van der Waals surface area contributed by atoms with Gasteiger partial charge in [0.15, 0.2) is 0 Å². The minimum Gasteiger partial charge on any atom is -0.350 e. The van der Waals surface area contributed by atoms with Crippen molar-refractivity contribution < 1.29 is 27.9 Å². The Labute approximate surface area is 147 Å². The number of halogens is 3. The second kappa shape index (κ2) is 6.80. The molecular formula is C18H15F3N2O3. The molecule has 2 N–H and O–H groups in total. The van der Waals surface area contributed by atoms with Gasteiger partial charge in [-0.1, -0.05) is 47.6 Å². The summed E-state index contributed by atoms with van der Waals surface area (Å²) in [6.07, 6.45) is -5.71. The number of amides is 1. The zero-order chi connectivity index (χ0) is 18.8. The highest BCUT2D eigenvalue weighted by Gasteiger charge is 2.60. The third kappa shape index (κ3) is 3.70. The number of hydrogen-bond acceptors (Lipinski definition) is 4. The van der Waals surface area contributed by atoms with E-state index in [1.807, 2.05) is 6.07 Å². The van der Waals surface area contributed by atoms with Gasteiger partial charge in [0.05, 0.1) is 12.1 Å². The van der Waals surface area contributed by atoms with Crippen LogP contribution in [0.1, 0.15) is 27.9 Å². The van der Waals surface area contributed by atoms with Crippen LogP contribution in [-0.4, -0.2) is 28.7 Å². The maximum atomic E-state index is 12.7. The molecule has 1 unspecified atom stereocenters. The predicted octanol–water partition coefficient (Wildman–Crippen LogP) is 2.99. The number of carbonyl (C=O) groups excluding carboxylic acids is 1. The molecule has 0 radical (unpaired) electrons. The molecule has 0 fully saturated rings. The third-order valence-corrected chi connectivity index (χ3v) is 3.93. The largest absolute Gasteiger partial charge is 0.458 e. The molecule has 1 atom stereocenters. The highest BCUT2D eigenvalue weighted by molar-refractivity contribution is 6.01. The molecule has 0 bridgehead atoms. The Morgan fingerprint density at radius 3 is 2.38 bits per heavy atom. The zero-order valence-electron chi connectivity index (χ0n) is 13.5. The average Bonchev–Trinajstić information content (AvgIpc) is 3.04. The smallest absolute Gasteiger partial charge is 0.350 e. The normalized spacial score (nSPS) is 19.6. The first-order valence-electron chi connectivity index (χ1n) is 7.75. The summed E-state index contributed by atoms with van der Waals surface area (Å²) >= 11 is 0. The van der Waals surface area contributed by atoms with E-state index >= 15 is 0 Å². The van der Waals surface area contributed by atoms with Gasteiger partial charge in [0.1, 0.15) is 0 Å². The van der Waals surface area contributed by atoms with E-state index in [0.29, 0.717) is 11.1 Å². The highest BCUT2D eigenvalue weighted by Crippen LogP contribution is 2.38. The summed E-state index contributed by atoms with van der Waals surface area (Å²) in [5.41, 5.74) is 1.71. The van der Waals surface area contributed by atoms with Crippen molar-refractivity contribution in [3.05, 3.63) is 71.3 Å². The Bertz CT molecular complexity index is 820. The molecule has 1 aliphatic heterocycles. The second-order valence-corrected chi connectivity index (χ2v) is 5.83. The van der Waals surface area contributed by atoms with Crippen molar-refractivity contribution in [2.24, 2.45) is 5.16 Å². The molecule has 0 saturated carbocycles. The van der Waals surface area contributed by atoms with Gasteiger partial charge >= 0.3 is 12.0 Å². The molecule has 2 aromatic rings. The van der Waals surface area contributed by atoms with Gasteiger partial charge in [0.25, 0.3) is 5.91 Å². The number of nitrogens with one attached hydrogen (secondary N) is 1. The van der Waals surface area contributed by atoms with E-state index in [1.54, 1.807) is 48.5 Å². The SMILES string of the molecule is O=C(NCc1ccc(C2=NOC(O)(C(F)(F)F)C2)cc1)c1ccccc1. The van der Waals surface area contributed by atoms with Crippen molar-refractivity contribution in [3.8, 4) is 0 Å². The van der Waals surface area contributed by atoms with Crippen molar-refractivity contribution in [3.63, 3.8) is 0 Å². The number of alkyl halides is 3. The standard InChI is InChI=1S/C18H15F3N2O3/c19-18(20,21)17(25)10-15(23-26-17)13-8-6-12(7-9-13)11-22-16(24)14-4-2-1-3-5-14/h1-9,25H,10-11H2,(H,22,24). The van der Waals surface area contributed by atoms with E-state index in [-0.39, 0.29) is 18.2 Å². The average molecular weight is 364 g/mol. The molecule has 8 heteroatoms. The molecule has 136 valence electrons. The van der Waals surface area contributed by atoms with Gasteiger partial charge < -0.3 is 15.3 Å². The highest BCUT2D eigenvalue weighted by atomic mass is 19.4. The minimum absolute atomic E-state index is 0.00435. The molecule has 0 aliphatic carbocycles. The lowest BCUT2D eigenvalue weighted by atomic mass is 10.0. The van der Waals surface area contributed by atoms with Gasteiger partial charge in [-0.25, -0.2) is 0 Å². The first-order chi connectivity index (χ1) is 12.3. The Hall–Kier alpha value is -2.87. The topological polar surface area (TPSA) is 70.9 Å². The van der Waals surface area contributed by atoms with Crippen LogP contribution in [0.2, 0.25) is 0 Å². The molecular weight excluding hydrogens is 349 g/mol. The van der Waals surface area contributed by atoms with Gasteiger partial charge in [0.2, 0.25) is 0 Å². The molecule has 0 saturated heterocycles. The van der Waals surface area contributed by atoms with Gasteiger partial charge in [0, 0.05) is 12.1 Å². The molecule has 2 aromatic carbocycles. The van der Waals surface area contributed by atoms with Crippen LogP contribution >= 0.6 is 0 Å². The first-order valence-corrected chi connectivity index (χ1v) is 7.75. The van der Waals surface area contributed by atoms with E-state index in [4.69, 9.17) is 0 Å². The van der Waals surface area contributed by atoms with Crippen LogP contribution < -0.4 is 5.32 Å². The number of carbonyl (C=O) groups is 1.